The molecule has 4 heteroatoms. The van der Waals surface area contributed by atoms with Gasteiger partial charge in [-0.25, -0.2) is 0 Å². The van der Waals surface area contributed by atoms with Crippen LogP contribution in [0.25, 0.3) is 0 Å². The van der Waals surface area contributed by atoms with Crippen molar-refractivity contribution in [2.24, 2.45) is 0 Å². The first-order chi connectivity index (χ1) is 7.15. The molecular weight excluding hydrogens is 274 g/mol. The molecule has 1 aromatic carbocycles. The largest absolute Gasteiger partial charge is 0.341 e. The molecule has 0 atom stereocenters. The number of carbonyl (C=O) groups excluding carboxylic acids is 1. The fraction of sp³-hybridized carbons (Fsp3) is 0.182. The van der Waals surface area contributed by atoms with Gasteiger partial charge in [-0.15, -0.1) is 18.5 Å². The second kappa shape index (κ2) is 5.84. The fourth-order valence-electron chi connectivity index (χ4n) is 0.995. The molecule has 0 fully saturated rings. The maximum atomic E-state index is 11.6. The van der Waals surface area contributed by atoms with Gasteiger partial charge in [0.1, 0.15) is 0 Å². The Morgan fingerprint density at radius 2 is 2.33 bits per heavy atom. The van der Waals surface area contributed by atoms with Crippen molar-refractivity contribution in [2.75, 3.05) is 6.54 Å². The van der Waals surface area contributed by atoms with Gasteiger partial charge in [0.05, 0.1) is 12.1 Å². The topological polar surface area (TPSA) is 29.1 Å². The Bertz CT molecular complexity index is 434. The van der Waals surface area contributed by atoms with Crippen LogP contribution in [0.3, 0.4) is 0 Å². The minimum Gasteiger partial charge on any atom is -0.341 e. The van der Waals surface area contributed by atoms with E-state index in [1.54, 1.807) is 19.1 Å². The third kappa shape index (κ3) is 3.61. The van der Waals surface area contributed by atoms with Crippen LogP contribution < -0.4 is 5.32 Å². The number of amides is 1. The smallest absolute Gasteiger partial charge is 0.253 e. The molecule has 0 aliphatic heterocycles. The van der Waals surface area contributed by atoms with E-state index in [2.05, 4.69) is 45.7 Å². The summed E-state index contributed by atoms with van der Waals surface area (Å²) >= 11 is 7.49. The van der Waals surface area contributed by atoms with Gasteiger partial charge in [0.2, 0.25) is 0 Å². The second-order valence-electron chi connectivity index (χ2n) is 2.77. The zero-order chi connectivity index (χ0) is 11.3. The van der Waals surface area contributed by atoms with Gasteiger partial charge in [-0.3, -0.25) is 4.79 Å². The third-order valence-electron chi connectivity index (χ3n) is 1.71. The molecule has 0 aromatic heterocycles. The Morgan fingerprint density at radius 3 is 3.00 bits per heavy atom. The summed E-state index contributed by atoms with van der Waals surface area (Å²) in [4.78, 5) is 12.4. The third-order valence-corrected chi connectivity index (χ3v) is 2.68. The highest BCUT2D eigenvalue weighted by atomic mass is 79.9. The van der Waals surface area contributed by atoms with Gasteiger partial charge >= 0.3 is 0 Å². The Hall–Kier alpha value is -0.920. The van der Waals surface area contributed by atoms with Crippen LogP contribution in [-0.2, 0) is 0 Å². The highest BCUT2D eigenvalue weighted by Crippen LogP contribution is 2.19. The van der Waals surface area contributed by atoms with Crippen LogP contribution in [0.15, 0.2) is 27.6 Å². The number of carbonyl (C=O) groups is 1. The molecule has 1 aromatic rings. The lowest BCUT2D eigenvalue weighted by molar-refractivity contribution is 0.0957. The standard InChI is InChI=1S/C11H10BrNOS/c1-2-3-6-13-11(14)9-7-8(15)4-5-10(9)12/h4-5,7,15H,6H2,1H3,(H,13,14). The van der Waals surface area contributed by atoms with Gasteiger partial charge in [0, 0.05) is 9.37 Å². The summed E-state index contributed by atoms with van der Waals surface area (Å²) in [5, 5.41) is 2.69. The van der Waals surface area contributed by atoms with Gasteiger partial charge in [0.25, 0.3) is 5.91 Å². The maximum absolute atomic E-state index is 11.6. The quantitative estimate of drug-likeness (QED) is 0.634. The van der Waals surface area contributed by atoms with Crippen LogP contribution >= 0.6 is 28.6 Å². The predicted octanol–water partition coefficient (Wildman–Crippen LogP) is 2.49. The Labute approximate surface area is 103 Å². The molecule has 0 radical (unpaired) electrons. The fourth-order valence-corrected chi connectivity index (χ4v) is 1.63. The van der Waals surface area contributed by atoms with Gasteiger partial charge in [-0.1, -0.05) is 5.92 Å². The predicted molar refractivity (Wildman–Crippen MR) is 67.2 cm³/mol. The van der Waals surface area contributed by atoms with Gasteiger partial charge in [0.15, 0.2) is 0 Å². The summed E-state index contributed by atoms with van der Waals surface area (Å²) in [6.07, 6.45) is 0. The van der Waals surface area contributed by atoms with E-state index in [9.17, 15) is 4.79 Å². The minimum atomic E-state index is -0.152. The van der Waals surface area contributed by atoms with Crippen LogP contribution in [-0.4, -0.2) is 12.5 Å². The van der Waals surface area contributed by atoms with Gasteiger partial charge in [-0.2, -0.15) is 0 Å². The van der Waals surface area contributed by atoms with E-state index < -0.39 is 0 Å². The summed E-state index contributed by atoms with van der Waals surface area (Å²) in [5.74, 6) is 5.32. The molecule has 0 heterocycles. The molecule has 0 unspecified atom stereocenters. The minimum absolute atomic E-state index is 0.152. The number of thiol groups is 1. The molecule has 2 nitrogen and oxygen atoms in total. The van der Waals surface area contributed by atoms with Crippen LogP contribution in [0.1, 0.15) is 17.3 Å². The summed E-state index contributed by atoms with van der Waals surface area (Å²) < 4.78 is 0.752. The van der Waals surface area contributed by atoms with Crippen molar-refractivity contribution in [3.63, 3.8) is 0 Å². The number of nitrogens with one attached hydrogen (secondary N) is 1. The van der Waals surface area contributed by atoms with Gasteiger partial charge < -0.3 is 5.32 Å². The summed E-state index contributed by atoms with van der Waals surface area (Å²) in [5.41, 5.74) is 0.570. The summed E-state index contributed by atoms with van der Waals surface area (Å²) in [7, 11) is 0. The SMILES string of the molecule is CC#CCNC(=O)c1cc(S)ccc1Br. The van der Waals surface area contributed by atoms with Crippen molar-refractivity contribution in [3.8, 4) is 11.8 Å². The zero-order valence-corrected chi connectivity index (χ0v) is 10.7. The molecule has 0 saturated carbocycles. The maximum Gasteiger partial charge on any atom is 0.253 e. The van der Waals surface area contributed by atoms with E-state index in [1.807, 2.05) is 6.07 Å². The van der Waals surface area contributed by atoms with E-state index >= 15 is 0 Å². The Kier molecular flexibility index (Phi) is 4.73. The summed E-state index contributed by atoms with van der Waals surface area (Å²) in [6, 6.07) is 5.32. The molecule has 1 N–H and O–H groups in total. The average Bonchev–Trinajstić information content (AvgIpc) is 2.22. The molecule has 0 aliphatic rings. The first-order valence-electron chi connectivity index (χ1n) is 4.31. The molecule has 78 valence electrons. The lowest BCUT2D eigenvalue weighted by Gasteiger charge is -2.04. The number of hydrogen-bond acceptors (Lipinski definition) is 2. The molecule has 1 rings (SSSR count). The zero-order valence-electron chi connectivity index (χ0n) is 8.17. The number of hydrogen-bond donors (Lipinski definition) is 2. The average molecular weight is 284 g/mol. The van der Waals surface area contributed by atoms with Crippen LogP contribution in [0.4, 0.5) is 0 Å². The molecule has 1 amide bonds. The van der Waals surface area contributed by atoms with E-state index in [0.717, 1.165) is 9.37 Å². The van der Waals surface area contributed by atoms with E-state index in [4.69, 9.17) is 0 Å². The first kappa shape index (κ1) is 12.2. The highest BCUT2D eigenvalue weighted by molar-refractivity contribution is 9.10. The Balaban J connectivity index is 2.80. The van der Waals surface area contributed by atoms with Crippen molar-refractivity contribution in [3.05, 3.63) is 28.2 Å². The highest BCUT2D eigenvalue weighted by Gasteiger charge is 2.08. The normalized spacial score (nSPS) is 9.00. The monoisotopic (exact) mass is 283 g/mol. The molecule has 0 saturated heterocycles. The van der Waals surface area contributed by atoms with Crippen molar-refractivity contribution in [2.45, 2.75) is 11.8 Å². The summed E-state index contributed by atoms with van der Waals surface area (Å²) in [6.45, 7) is 2.09. The van der Waals surface area contributed by atoms with Crippen molar-refractivity contribution in [1.29, 1.82) is 0 Å². The van der Waals surface area contributed by atoms with E-state index in [-0.39, 0.29) is 5.91 Å². The van der Waals surface area contributed by atoms with Crippen molar-refractivity contribution >= 4 is 34.5 Å². The number of rotatable bonds is 2. The first-order valence-corrected chi connectivity index (χ1v) is 5.55. The molecule has 15 heavy (non-hydrogen) atoms. The van der Waals surface area contributed by atoms with Crippen molar-refractivity contribution < 1.29 is 4.79 Å². The van der Waals surface area contributed by atoms with E-state index in [0.29, 0.717) is 12.1 Å². The molecule has 0 bridgehead atoms. The van der Waals surface area contributed by atoms with E-state index in [1.165, 1.54) is 0 Å². The second-order valence-corrected chi connectivity index (χ2v) is 4.14. The lowest BCUT2D eigenvalue weighted by atomic mass is 10.2. The van der Waals surface area contributed by atoms with Gasteiger partial charge in [-0.05, 0) is 41.1 Å². The Morgan fingerprint density at radius 1 is 1.60 bits per heavy atom. The molecular formula is C11H10BrNOS. The van der Waals surface area contributed by atoms with Crippen molar-refractivity contribution in [1.82, 2.24) is 5.32 Å². The lowest BCUT2D eigenvalue weighted by Crippen LogP contribution is -2.23. The van der Waals surface area contributed by atoms with Crippen LogP contribution in [0.5, 0.6) is 0 Å². The molecule has 0 aliphatic carbocycles. The van der Waals surface area contributed by atoms with Crippen LogP contribution in [0, 0.1) is 11.8 Å². The molecule has 0 spiro atoms. The number of halogens is 1. The number of benzene rings is 1. The van der Waals surface area contributed by atoms with Crippen LogP contribution in [0.2, 0.25) is 0 Å².